The first-order valence-corrected chi connectivity index (χ1v) is 6.92. The molecule has 2 atom stereocenters. The first-order chi connectivity index (χ1) is 7.08. The Morgan fingerprint density at radius 2 is 2.40 bits per heavy atom. The predicted molar refractivity (Wildman–Crippen MR) is 66.6 cm³/mol. The number of aromatic nitrogens is 1. The Morgan fingerprint density at radius 3 is 3.07 bits per heavy atom. The van der Waals surface area contributed by atoms with E-state index in [1.54, 1.807) is 11.3 Å². The summed E-state index contributed by atoms with van der Waals surface area (Å²) in [4.78, 5) is 4.38. The molecule has 1 heterocycles. The van der Waals surface area contributed by atoms with Crippen LogP contribution in [0.4, 0.5) is 0 Å². The molecule has 0 aliphatic heterocycles. The maximum Gasteiger partial charge on any atom is 0.0927 e. The second kappa shape index (κ2) is 4.42. The average molecular weight is 244 g/mol. The Kier molecular flexibility index (Phi) is 3.36. The van der Waals surface area contributed by atoms with Crippen LogP contribution in [0.2, 0.25) is 0 Å². The normalized spacial score (nSPS) is 30.3. The zero-order valence-corrected chi connectivity index (χ0v) is 10.9. The van der Waals surface area contributed by atoms with Crippen molar-refractivity contribution in [3.8, 4) is 0 Å². The molecule has 0 bridgehead atoms. The van der Waals surface area contributed by atoms with Gasteiger partial charge in [-0.25, -0.2) is 4.98 Å². The lowest BCUT2D eigenvalue weighted by Crippen LogP contribution is -2.33. The van der Waals surface area contributed by atoms with Gasteiger partial charge in [-0.1, -0.05) is 13.8 Å². The minimum Gasteiger partial charge on any atom is -0.250 e. The highest BCUT2D eigenvalue weighted by molar-refractivity contribution is 7.09. The Labute approximate surface area is 101 Å². The Hall–Kier alpha value is -0.0800. The Morgan fingerprint density at radius 1 is 1.60 bits per heavy atom. The van der Waals surface area contributed by atoms with Gasteiger partial charge in [0.05, 0.1) is 5.01 Å². The molecule has 3 heteroatoms. The highest BCUT2D eigenvalue weighted by atomic mass is 35.5. The molecule has 1 aliphatic rings. The molecule has 15 heavy (non-hydrogen) atoms. The summed E-state index contributed by atoms with van der Waals surface area (Å²) in [6, 6.07) is 0. The number of halogens is 1. The summed E-state index contributed by atoms with van der Waals surface area (Å²) in [5, 5.41) is 3.70. The van der Waals surface area contributed by atoms with Crippen molar-refractivity contribution in [3.05, 3.63) is 16.6 Å². The van der Waals surface area contributed by atoms with Gasteiger partial charge < -0.3 is 0 Å². The number of rotatable bonds is 2. The van der Waals surface area contributed by atoms with Crippen LogP contribution >= 0.6 is 22.9 Å². The lowest BCUT2D eigenvalue weighted by molar-refractivity contribution is 0.140. The zero-order chi connectivity index (χ0) is 10.9. The van der Waals surface area contributed by atoms with Crippen LogP contribution in [-0.2, 0) is 6.42 Å². The monoisotopic (exact) mass is 243 g/mol. The van der Waals surface area contributed by atoms with Gasteiger partial charge in [0.25, 0.3) is 0 Å². The zero-order valence-electron chi connectivity index (χ0n) is 9.37. The third kappa shape index (κ3) is 2.73. The lowest BCUT2D eigenvalue weighted by Gasteiger charge is -2.40. The van der Waals surface area contributed by atoms with Crippen LogP contribution < -0.4 is 0 Å². The topological polar surface area (TPSA) is 12.9 Å². The molecule has 1 aliphatic carbocycles. The molecule has 1 saturated carbocycles. The molecule has 1 nitrogen and oxygen atoms in total. The number of hydrogen-bond acceptors (Lipinski definition) is 2. The van der Waals surface area contributed by atoms with E-state index in [4.69, 9.17) is 11.6 Å². The summed E-state index contributed by atoms with van der Waals surface area (Å²) in [6.45, 7) is 4.74. The van der Waals surface area contributed by atoms with Crippen LogP contribution in [0, 0.1) is 11.3 Å². The van der Waals surface area contributed by atoms with Gasteiger partial charge in [0.2, 0.25) is 0 Å². The Bertz CT molecular complexity index is 307. The molecular weight excluding hydrogens is 226 g/mol. The van der Waals surface area contributed by atoms with Crippen molar-refractivity contribution in [2.75, 3.05) is 0 Å². The van der Waals surface area contributed by atoms with Crippen molar-refractivity contribution in [1.29, 1.82) is 0 Å². The second-order valence-electron chi connectivity index (χ2n) is 5.19. The van der Waals surface area contributed by atoms with Gasteiger partial charge in [0.1, 0.15) is 0 Å². The van der Waals surface area contributed by atoms with Crippen molar-refractivity contribution in [2.24, 2.45) is 11.3 Å². The largest absolute Gasteiger partial charge is 0.250 e. The van der Waals surface area contributed by atoms with Gasteiger partial charge in [-0.2, -0.15) is 0 Å². The minimum absolute atomic E-state index is 0.378. The molecule has 0 saturated heterocycles. The van der Waals surface area contributed by atoms with E-state index in [2.05, 4.69) is 24.2 Å². The molecule has 0 spiro atoms. The second-order valence-corrected chi connectivity index (χ2v) is 6.78. The van der Waals surface area contributed by atoms with E-state index in [0.29, 0.717) is 16.7 Å². The minimum atomic E-state index is 0.378. The molecular formula is C12H18ClNS. The van der Waals surface area contributed by atoms with E-state index in [-0.39, 0.29) is 0 Å². The van der Waals surface area contributed by atoms with Crippen molar-refractivity contribution in [1.82, 2.24) is 4.98 Å². The summed E-state index contributed by atoms with van der Waals surface area (Å²) < 4.78 is 0. The highest BCUT2D eigenvalue weighted by Crippen LogP contribution is 2.43. The molecule has 0 amide bonds. The van der Waals surface area contributed by atoms with Crippen molar-refractivity contribution >= 4 is 22.9 Å². The summed E-state index contributed by atoms with van der Waals surface area (Å²) in [5.74, 6) is 0.694. The molecule has 1 aromatic rings. The van der Waals surface area contributed by atoms with Gasteiger partial charge >= 0.3 is 0 Å². The molecule has 2 rings (SSSR count). The number of alkyl halides is 1. The highest BCUT2D eigenvalue weighted by Gasteiger charge is 2.35. The number of nitrogens with zero attached hydrogens (tertiary/aromatic N) is 1. The molecule has 0 aromatic carbocycles. The van der Waals surface area contributed by atoms with Crippen molar-refractivity contribution in [2.45, 2.75) is 44.9 Å². The van der Waals surface area contributed by atoms with Gasteiger partial charge in [-0.15, -0.1) is 22.9 Å². The van der Waals surface area contributed by atoms with Crippen LogP contribution in [0.5, 0.6) is 0 Å². The van der Waals surface area contributed by atoms with Crippen molar-refractivity contribution < 1.29 is 0 Å². The van der Waals surface area contributed by atoms with Crippen LogP contribution in [0.25, 0.3) is 0 Å². The smallest absolute Gasteiger partial charge is 0.0927 e. The molecule has 0 N–H and O–H groups in total. The predicted octanol–water partition coefficient (Wildman–Crippen LogP) is 4.12. The maximum atomic E-state index is 6.26. The van der Waals surface area contributed by atoms with E-state index < -0.39 is 0 Å². The molecule has 0 radical (unpaired) electrons. The van der Waals surface area contributed by atoms with E-state index in [1.165, 1.54) is 17.8 Å². The Balaban J connectivity index is 2.05. The van der Waals surface area contributed by atoms with Crippen LogP contribution in [0.3, 0.4) is 0 Å². The average Bonchev–Trinajstić information content (AvgIpc) is 2.65. The third-order valence-corrected chi connectivity index (χ3v) is 4.85. The molecule has 1 fully saturated rings. The van der Waals surface area contributed by atoms with E-state index >= 15 is 0 Å². The summed E-state index contributed by atoms with van der Waals surface area (Å²) in [5.41, 5.74) is 0.428. The van der Waals surface area contributed by atoms with Crippen LogP contribution in [-0.4, -0.2) is 10.4 Å². The third-order valence-electron chi connectivity index (χ3n) is 3.65. The van der Waals surface area contributed by atoms with Gasteiger partial charge in [-0.3, -0.25) is 0 Å². The summed E-state index contributed by atoms with van der Waals surface area (Å²) in [6.07, 6.45) is 6.57. The SMILES string of the molecule is CC1(C)CCC(Cl)CC1Cc1nccs1. The maximum absolute atomic E-state index is 6.26. The quantitative estimate of drug-likeness (QED) is 0.712. The molecule has 1 aromatic heterocycles. The number of thiazole rings is 1. The molecule has 84 valence electrons. The molecule has 2 unspecified atom stereocenters. The van der Waals surface area contributed by atoms with Gasteiger partial charge in [0, 0.05) is 23.4 Å². The number of hydrogen-bond donors (Lipinski definition) is 0. The summed E-state index contributed by atoms with van der Waals surface area (Å²) >= 11 is 8.03. The van der Waals surface area contributed by atoms with Gasteiger partial charge in [0.15, 0.2) is 0 Å². The standard InChI is InChI=1S/C12H18ClNS/c1-12(2)4-3-10(13)7-9(12)8-11-14-5-6-15-11/h5-6,9-10H,3-4,7-8H2,1-2H3. The first-order valence-electron chi connectivity index (χ1n) is 5.60. The van der Waals surface area contributed by atoms with E-state index in [9.17, 15) is 0 Å². The van der Waals surface area contributed by atoms with E-state index in [0.717, 1.165) is 12.8 Å². The fraction of sp³-hybridized carbons (Fsp3) is 0.750. The first kappa shape index (κ1) is 11.4. The van der Waals surface area contributed by atoms with E-state index in [1.807, 2.05) is 6.20 Å². The van der Waals surface area contributed by atoms with Crippen LogP contribution in [0.15, 0.2) is 11.6 Å². The van der Waals surface area contributed by atoms with Crippen molar-refractivity contribution in [3.63, 3.8) is 0 Å². The fourth-order valence-electron chi connectivity index (χ4n) is 2.40. The van der Waals surface area contributed by atoms with Gasteiger partial charge in [-0.05, 0) is 30.6 Å². The fourth-order valence-corrected chi connectivity index (χ4v) is 3.42. The summed E-state index contributed by atoms with van der Waals surface area (Å²) in [7, 11) is 0. The lowest BCUT2D eigenvalue weighted by atomic mass is 9.67. The van der Waals surface area contributed by atoms with Crippen LogP contribution in [0.1, 0.15) is 38.1 Å².